The molecule has 20 nitrogen and oxygen atoms in total. The molecule has 4 fully saturated rings. The fourth-order valence-corrected chi connectivity index (χ4v) is 12.8. The van der Waals surface area contributed by atoms with Gasteiger partial charge in [-0.3, -0.25) is 19.2 Å². The van der Waals surface area contributed by atoms with Crippen molar-refractivity contribution in [2.24, 2.45) is 35.5 Å². The Bertz CT molecular complexity index is 2560. The van der Waals surface area contributed by atoms with Crippen molar-refractivity contribution >= 4 is 41.3 Å². The van der Waals surface area contributed by atoms with Gasteiger partial charge in [0.1, 0.15) is 36.2 Å². The van der Waals surface area contributed by atoms with E-state index in [0.29, 0.717) is 83.2 Å². The Labute approximate surface area is 491 Å². The van der Waals surface area contributed by atoms with E-state index in [1.54, 1.807) is 46.8 Å². The first-order valence-electron chi connectivity index (χ1n) is 30.4. The Kier molecular flexibility index (Phi) is 23.4. The number of amides is 2. The highest BCUT2D eigenvalue weighted by molar-refractivity contribution is 6.39. The van der Waals surface area contributed by atoms with Crippen LogP contribution in [-0.4, -0.2) is 190 Å². The highest BCUT2D eigenvalue weighted by atomic mass is 16.6. The molecule has 3 N–H and O–H groups in total. The predicted octanol–water partition coefficient (Wildman–Crippen LogP) is 6.27. The number of aliphatic hydroxyl groups excluding tert-OH is 2. The summed E-state index contributed by atoms with van der Waals surface area (Å²) in [6.45, 7) is 16.7. The lowest BCUT2D eigenvalue weighted by atomic mass is 9.78. The number of cyclic esters (lactones) is 1. The molecule has 1 aromatic heterocycles. The number of hydrogen-bond acceptors (Lipinski definition) is 18. The number of methoxy groups -OCH3 is 2. The molecule has 0 aromatic carbocycles. The molecule has 15 atom stereocenters. The number of fused-ring (bicyclic) bond motifs is 4. The third-order valence-corrected chi connectivity index (χ3v) is 18.4. The van der Waals surface area contributed by atoms with Crippen LogP contribution in [0.1, 0.15) is 137 Å². The number of anilines is 1. The number of carbonyl (C=O) groups is 6. The molecule has 1 unspecified atom stereocenters. The number of allylic oxidation sites excluding steroid dienone is 6. The van der Waals surface area contributed by atoms with Gasteiger partial charge < -0.3 is 58.6 Å². The number of hydrogen-bond donors (Lipinski definition) is 3. The van der Waals surface area contributed by atoms with Crippen molar-refractivity contribution in [3.05, 3.63) is 65.1 Å². The van der Waals surface area contributed by atoms with Crippen LogP contribution < -0.4 is 4.90 Å². The molecular weight excluding hydrogens is 1060 g/mol. The van der Waals surface area contributed by atoms with Crippen molar-refractivity contribution in [2.75, 3.05) is 65.4 Å². The average Bonchev–Trinajstić information content (AvgIpc) is 3.32. The van der Waals surface area contributed by atoms with Crippen LogP contribution in [0.15, 0.2) is 53.8 Å². The van der Waals surface area contributed by atoms with Gasteiger partial charge in [0.15, 0.2) is 5.78 Å². The van der Waals surface area contributed by atoms with E-state index in [-0.39, 0.29) is 49.0 Å². The number of ether oxygens (including phenoxy) is 5. The zero-order chi connectivity index (χ0) is 60.3. The quantitative estimate of drug-likeness (QED) is 0.155. The number of likely N-dealkylation sites (N-methyl/N-ethyl adjacent to an activating group) is 1. The van der Waals surface area contributed by atoms with Gasteiger partial charge in [-0.1, -0.05) is 71.1 Å². The van der Waals surface area contributed by atoms with E-state index in [2.05, 4.69) is 21.8 Å². The average molecular weight is 1160 g/mol. The Balaban J connectivity index is 1.08. The summed E-state index contributed by atoms with van der Waals surface area (Å²) >= 11 is 0. The van der Waals surface area contributed by atoms with Gasteiger partial charge in [-0.2, -0.15) is 0 Å². The van der Waals surface area contributed by atoms with Gasteiger partial charge in [0.05, 0.1) is 30.6 Å². The van der Waals surface area contributed by atoms with Crippen LogP contribution in [0.3, 0.4) is 0 Å². The summed E-state index contributed by atoms with van der Waals surface area (Å²) < 4.78 is 30.6. The van der Waals surface area contributed by atoms with E-state index in [1.165, 1.54) is 11.0 Å². The second-order valence-corrected chi connectivity index (χ2v) is 24.8. The van der Waals surface area contributed by atoms with Crippen LogP contribution in [0.25, 0.3) is 0 Å². The smallest absolute Gasteiger partial charge is 0.410 e. The fourth-order valence-electron chi connectivity index (χ4n) is 12.8. The molecule has 460 valence electrons. The summed E-state index contributed by atoms with van der Waals surface area (Å²) in [6, 6.07) is -1.20. The Morgan fingerprint density at radius 1 is 0.843 bits per heavy atom. The van der Waals surface area contributed by atoms with Crippen LogP contribution >= 0.6 is 0 Å². The minimum Gasteiger partial charge on any atom is -0.460 e. The summed E-state index contributed by atoms with van der Waals surface area (Å²) in [7, 11) is 5.26. The van der Waals surface area contributed by atoms with E-state index >= 15 is 0 Å². The number of ketones is 3. The molecule has 1 saturated carbocycles. The number of aliphatic hydroxyl groups is 3. The van der Waals surface area contributed by atoms with Crippen molar-refractivity contribution in [1.29, 1.82) is 0 Å². The molecule has 2 amide bonds. The summed E-state index contributed by atoms with van der Waals surface area (Å²) in [5.74, 6) is -8.30. The van der Waals surface area contributed by atoms with Crippen LogP contribution in [0.2, 0.25) is 0 Å². The van der Waals surface area contributed by atoms with Crippen LogP contribution in [0.4, 0.5) is 10.7 Å². The molecule has 1 aliphatic carbocycles. The maximum absolute atomic E-state index is 14.7. The number of rotatable bonds is 7. The molecule has 0 radical (unpaired) electrons. The van der Waals surface area contributed by atoms with Crippen molar-refractivity contribution in [3.63, 3.8) is 0 Å². The van der Waals surface area contributed by atoms with E-state index in [0.717, 1.165) is 43.0 Å². The summed E-state index contributed by atoms with van der Waals surface area (Å²) in [6.07, 6.45) is 11.2. The van der Waals surface area contributed by atoms with Gasteiger partial charge in [0.2, 0.25) is 11.7 Å². The van der Waals surface area contributed by atoms with Gasteiger partial charge in [0.25, 0.3) is 11.7 Å². The SMILES string of the molecule is CO[C@H]1C[C@@H]2CC[C@@H](C)[C@@](O)(O2)C(=O)C(=O)N2CCCC[C@H]2C(=O)O[C@H]([C@H](C)C[C@@H]2CC[C@@H](OC(=O)N3CCc4nc(N5CCN(C)CC5)ncc4C3)[C@H](OC)C2)CC(=O)[C@H](C)/C=C(\C)[C@@H](O)[C@@H](O)C(=O)C(C)C[C@H](C)/C=C/C=CC=C1C. The van der Waals surface area contributed by atoms with Crippen LogP contribution in [0.5, 0.6) is 0 Å². The topological polar surface area (TPSA) is 248 Å². The van der Waals surface area contributed by atoms with Gasteiger partial charge in [0, 0.05) is 102 Å². The molecule has 20 heteroatoms. The molecule has 6 aliphatic rings. The van der Waals surface area contributed by atoms with E-state index in [4.69, 9.17) is 28.7 Å². The molecular formula is C63H94N6O14. The zero-order valence-corrected chi connectivity index (χ0v) is 50.8. The van der Waals surface area contributed by atoms with Gasteiger partial charge in [-0.25, -0.2) is 19.6 Å². The third kappa shape index (κ3) is 16.6. The molecule has 5 aliphatic heterocycles. The molecule has 3 saturated heterocycles. The van der Waals surface area contributed by atoms with Crippen molar-refractivity contribution in [2.45, 2.75) is 193 Å². The lowest BCUT2D eigenvalue weighted by molar-refractivity contribution is -0.265. The van der Waals surface area contributed by atoms with Crippen molar-refractivity contribution in [3.8, 4) is 0 Å². The Morgan fingerprint density at radius 3 is 2.31 bits per heavy atom. The minimum absolute atomic E-state index is 0.000311. The van der Waals surface area contributed by atoms with Gasteiger partial charge >= 0.3 is 12.1 Å². The number of piperazine rings is 1. The monoisotopic (exact) mass is 1160 g/mol. The van der Waals surface area contributed by atoms with Crippen LogP contribution in [-0.2, 0) is 60.6 Å². The van der Waals surface area contributed by atoms with E-state index in [9.17, 15) is 44.1 Å². The molecule has 7 rings (SSSR count). The second kappa shape index (κ2) is 29.7. The lowest BCUT2D eigenvalue weighted by Gasteiger charge is -2.42. The highest BCUT2D eigenvalue weighted by Crippen LogP contribution is 2.38. The van der Waals surface area contributed by atoms with Crippen molar-refractivity contribution < 1.29 is 67.8 Å². The number of esters is 1. The number of nitrogens with zero attached hydrogens (tertiary/aromatic N) is 6. The van der Waals surface area contributed by atoms with Gasteiger partial charge in [-0.15, -0.1) is 0 Å². The highest BCUT2D eigenvalue weighted by Gasteiger charge is 2.53. The first-order valence-corrected chi connectivity index (χ1v) is 30.4. The predicted molar refractivity (Wildman–Crippen MR) is 310 cm³/mol. The van der Waals surface area contributed by atoms with Gasteiger partial charge in [-0.05, 0) is 114 Å². The van der Waals surface area contributed by atoms with E-state index in [1.807, 2.05) is 57.3 Å². The molecule has 6 heterocycles. The largest absolute Gasteiger partial charge is 0.460 e. The molecule has 0 spiro atoms. The Morgan fingerprint density at radius 2 is 1.59 bits per heavy atom. The number of piperidine rings is 1. The summed E-state index contributed by atoms with van der Waals surface area (Å²) in [4.78, 5) is 102. The molecule has 83 heavy (non-hydrogen) atoms. The van der Waals surface area contributed by atoms with Crippen molar-refractivity contribution in [1.82, 2.24) is 24.7 Å². The summed E-state index contributed by atoms with van der Waals surface area (Å²) in [5, 5.41) is 34.5. The first-order chi connectivity index (χ1) is 39.5. The number of carbonyl (C=O) groups excluding carboxylic acids is 6. The Hall–Kier alpha value is -5.22. The maximum atomic E-state index is 14.7. The first kappa shape index (κ1) is 65.3. The normalized spacial score (nSPS) is 35.3. The number of Topliss-reactive ketones (excluding diaryl/α,β-unsaturated/α-hetero) is 3. The second-order valence-electron chi connectivity index (χ2n) is 24.8. The maximum Gasteiger partial charge on any atom is 0.410 e. The fraction of sp³-hybridized carbons (Fsp3) is 0.714. The minimum atomic E-state index is -2.47. The standard InChI is InChI=1S/C63H94N6O14/c1-38-16-12-11-13-17-39(2)52(79-9)34-47-21-19-44(7)63(78,83-47)58(74)59(75)69-24-15-14-18-49(69)60(76)81-53(35-50(70)40(3)31-43(6)56(72)57(73)55(71)42(5)30-38)41(4)32-45-20-22-51(54(33-45)80-10)82-62(77)68-25-23-48-46(37-68)36-64-61(65-48)67-28-26-66(8)27-29-67/h11-13,16-17,31,36,38,40-42,44-45,47,49,51-54,56-57,72-73,78H,14-15,18-30,32-35,37H2,1-10H3/b13-11?,16-12+,39-17?,43-31+/t38-,40-,41-,42?,44-,45+,47+,49+,51-,52+,53+,54-,56-,57+,63-/m1/s1. The zero-order valence-electron chi connectivity index (χ0n) is 50.8. The van der Waals surface area contributed by atoms with E-state index < -0.39 is 108 Å². The molecule has 2 bridgehead atoms. The lowest BCUT2D eigenvalue weighted by Crippen LogP contribution is -2.61. The number of aromatic nitrogens is 2. The summed E-state index contributed by atoms with van der Waals surface area (Å²) in [5.41, 5.74) is 2.91. The third-order valence-electron chi connectivity index (χ3n) is 18.4. The van der Waals surface area contributed by atoms with Crippen LogP contribution in [0, 0.1) is 35.5 Å². The molecule has 1 aromatic rings.